The topological polar surface area (TPSA) is 43.1 Å². The van der Waals surface area contributed by atoms with E-state index in [1.165, 1.54) is 55.3 Å². The molecule has 4 heterocycles. The van der Waals surface area contributed by atoms with Crippen LogP contribution in [0.15, 0.2) is 85.2 Å². The lowest BCUT2D eigenvalue weighted by atomic mass is 9.96. The molecule has 0 atom stereocenters. The van der Waals surface area contributed by atoms with Gasteiger partial charge in [-0.05, 0) is 93.1 Å². The number of nitrogens with zero attached hydrogens (tertiary/aromatic N) is 4. The first-order valence-corrected chi connectivity index (χ1v) is 12.0. The second-order valence-electron chi connectivity index (χ2n) is 9.68. The summed E-state index contributed by atoms with van der Waals surface area (Å²) >= 11 is 0. The summed E-state index contributed by atoms with van der Waals surface area (Å²) in [6, 6.07) is 26.5. The summed E-state index contributed by atoms with van der Waals surface area (Å²) in [5.74, 6) is 0. The molecule has 4 heteroatoms. The molecule has 0 spiro atoms. The third kappa shape index (κ3) is 2.15. The van der Waals surface area contributed by atoms with Crippen molar-refractivity contribution in [3.8, 4) is 22.3 Å². The lowest BCUT2D eigenvalue weighted by Crippen LogP contribution is -1.96. The molecule has 0 bridgehead atoms. The van der Waals surface area contributed by atoms with Crippen molar-refractivity contribution in [3.05, 3.63) is 107 Å². The van der Waals surface area contributed by atoms with Gasteiger partial charge in [0.15, 0.2) is 5.65 Å². The lowest BCUT2D eigenvalue weighted by molar-refractivity contribution is 1.21. The SMILES string of the molecule is c1ccc2c(c1)Cc1cc3c(cc1-2)-c1ccc2c4cccnc4n4c5cccnc5nc4c2c1C3. The Morgan fingerprint density at radius 3 is 2.46 bits per heavy atom. The first-order chi connectivity index (χ1) is 17.3. The highest BCUT2D eigenvalue weighted by atomic mass is 15.1. The van der Waals surface area contributed by atoms with Crippen LogP contribution in [0.5, 0.6) is 0 Å². The summed E-state index contributed by atoms with van der Waals surface area (Å²) in [5.41, 5.74) is 14.7. The number of hydrogen-bond acceptors (Lipinski definition) is 3. The Morgan fingerprint density at radius 2 is 1.46 bits per heavy atom. The van der Waals surface area contributed by atoms with Crippen LogP contribution in [0.2, 0.25) is 0 Å². The molecule has 162 valence electrons. The van der Waals surface area contributed by atoms with Crippen LogP contribution < -0.4 is 0 Å². The molecule has 9 rings (SSSR count). The predicted molar refractivity (Wildman–Crippen MR) is 140 cm³/mol. The fraction of sp³-hybridized carbons (Fsp3) is 0.0645. The van der Waals surface area contributed by atoms with Gasteiger partial charge in [0.2, 0.25) is 0 Å². The van der Waals surface area contributed by atoms with Gasteiger partial charge in [0.05, 0.1) is 5.52 Å². The molecular formula is C31H18N4. The van der Waals surface area contributed by atoms with E-state index < -0.39 is 0 Å². The maximum Gasteiger partial charge on any atom is 0.178 e. The average molecular weight is 447 g/mol. The Hall–Kier alpha value is -4.57. The highest BCUT2D eigenvalue weighted by molar-refractivity contribution is 6.16. The molecule has 35 heavy (non-hydrogen) atoms. The van der Waals surface area contributed by atoms with E-state index in [1.807, 2.05) is 24.5 Å². The number of pyridine rings is 3. The molecule has 4 nitrogen and oxygen atoms in total. The van der Waals surface area contributed by atoms with E-state index >= 15 is 0 Å². The molecule has 0 aliphatic heterocycles. The Bertz CT molecular complexity index is 2070. The maximum atomic E-state index is 5.04. The fourth-order valence-electron chi connectivity index (χ4n) is 6.47. The van der Waals surface area contributed by atoms with Gasteiger partial charge in [-0.2, -0.15) is 0 Å². The minimum Gasteiger partial charge on any atom is -0.274 e. The van der Waals surface area contributed by atoms with Crippen LogP contribution in [-0.2, 0) is 12.8 Å². The standard InChI is InChI=1S/C31H18N4/c1-2-6-20-17(5-1)13-18-14-19-15-26-21(25(19)16-24(18)20)9-10-22-23-7-3-12-33-30(23)35-27-8-4-11-32-29(27)34-31(35)28(22)26/h1-12,14,16H,13,15H2. The van der Waals surface area contributed by atoms with Gasteiger partial charge in [0.25, 0.3) is 0 Å². The first-order valence-electron chi connectivity index (χ1n) is 12.0. The maximum absolute atomic E-state index is 5.04. The Kier molecular flexibility index (Phi) is 3.11. The monoisotopic (exact) mass is 446 g/mol. The van der Waals surface area contributed by atoms with Gasteiger partial charge in [-0.1, -0.05) is 42.5 Å². The van der Waals surface area contributed by atoms with Crippen molar-refractivity contribution in [1.29, 1.82) is 0 Å². The minimum atomic E-state index is 0.760. The van der Waals surface area contributed by atoms with Crippen LogP contribution in [0, 0.1) is 0 Å². The smallest absolute Gasteiger partial charge is 0.178 e. The van der Waals surface area contributed by atoms with Gasteiger partial charge in [-0.15, -0.1) is 0 Å². The summed E-state index contributed by atoms with van der Waals surface area (Å²) in [4.78, 5) is 14.4. The van der Waals surface area contributed by atoms with E-state index in [0.717, 1.165) is 40.7 Å². The summed E-state index contributed by atoms with van der Waals surface area (Å²) in [5, 5.41) is 3.58. The number of imidazole rings is 1. The molecule has 0 fully saturated rings. The first kappa shape index (κ1) is 17.8. The third-order valence-electron chi connectivity index (χ3n) is 7.93. The second-order valence-corrected chi connectivity index (χ2v) is 9.68. The van der Waals surface area contributed by atoms with E-state index in [1.54, 1.807) is 0 Å². The van der Waals surface area contributed by atoms with Gasteiger partial charge in [0.1, 0.15) is 11.3 Å². The van der Waals surface area contributed by atoms with Crippen molar-refractivity contribution < 1.29 is 0 Å². The van der Waals surface area contributed by atoms with Gasteiger partial charge in [-0.3, -0.25) is 4.40 Å². The van der Waals surface area contributed by atoms with Crippen LogP contribution >= 0.6 is 0 Å². The van der Waals surface area contributed by atoms with Crippen molar-refractivity contribution in [2.75, 3.05) is 0 Å². The van der Waals surface area contributed by atoms with Crippen molar-refractivity contribution >= 4 is 38.6 Å². The number of rotatable bonds is 0. The van der Waals surface area contributed by atoms with E-state index in [-0.39, 0.29) is 0 Å². The zero-order chi connectivity index (χ0) is 22.7. The number of benzene rings is 3. The highest BCUT2D eigenvalue weighted by Crippen LogP contribution is 2.47. The van der Waals surface area contributed by atoms with Crippen LogP contribution in [0.25, 0.3) is 60.9 Å². The van der Waals surface area contributed by atoms with Gasteiger partial charge in [0, 0.05) is 23.2 Å². The van der Waals surface area contributed by atoms with Crippen molar-refractivity contribution in [2.24, 2.45) is 0 Å². The van der Waals surface area contributed by atoms with Crippen LogP contribution in [0.4, 0.5) is 0 Å². The Labute approximate surface area is 200 Å². The van der Waals surface area contributed by atoms with E-state index in [9.17, 15) is 0 Å². The molecule has 4 aromatic heterocycles. The van der Waals surface area contributed by atoms with Crippen LogP contribution in [-0.4, -0.2) is 19.4 Å². The largest absolute Gasteiger partial charge is 0.274 e. The normalized spacial score (nSPS) is 13.5. The average Bonchev–Trinajstić information content (AvgIpc) is 3.58. The summed E-state index contributed by atoms with van der Waals surface area (Å²) in [6.07, 6.45) is 5.61. The lowest BCUT2D eigenvalue weighted by Gasteiger charge is -2.12. The zero-order valence-corrected chi connectivity index (χ0v) is 18.8. The van der Waals surface area contributed by atoms with Crippen molar-refractivity contribution in [2.45, 2.75) is 12.8 Å². The van der Waals surface area contributed by atoms with Gasteiger partial charge < -0.3 is 0 Å². The molecule has 0 saturated carbocycles. The molecule has 3 aromatic carbocycles. The number of fused-ring (bicyclic) bond motifs is 15. The number of hydrogen-bond donors (Lipinski definition) is 0. The Balaban J connectivity index is 1.41. The molecule has 0 radical (unpaired) electrons. The summed E-state index contributed by atoms with van der Waals surface area (Å²) in [6.45, 7) is 0. The molecule has 2 aliphatic rings. The third-order valence-corrected chi connectivity index (χ3v) is 7.93. The molecule has 0 amide bonds. The molecule has 0 N–H and O–H groups in total. The van der Waals surface area contributed by atoms with E-state index in [2.05, 4.69) is 70.0 Å². The van der Waals surface area contributed by atoms with Crippen LogP contribution in [0.3, 0.4) is 0 Å². The van der Waals surface area contributed by atoms with Gasteiger partial charge in [-0.25, -0.2) is 15.0 Å². The molecule has 2 aliphatic carbocycles. The van der Waals surface area contributed by atoms with Crippen LogP contribution in [0.1, 0.15) is 22.3 Å². The molecule has 0 saturated heterocycles. The van der Waals surface area contributed by atoms with Gasteiger partial charge >= 0.3 is 0 Å². The second kappa shape index (κ2) is 6.10. The Morgan fingerprint density at radius 1 is 0.600 bits per heavy atom. The van der Waals surface area contributed by atoms with E-state index in [4.69, 9.17) is 9.97 Å². The molecule has 0 unspecified atom stereocenters. The zero-order valence-electron chi connectivity index (χ0n) is 18.8. The predicted octanol–water partition coefficient (Wildman–Crippen LogP) is 6.73. The highest BCUT2D eigenvalue weighted by Gasteiger charge is 2.28. The van der Waals surface area contributed by atoms with Crippen molar-refractivity contribution in [3.63, 3.8) is 0 Å². The summed E-state index contributed by atoms with van der Waals surface area (Å²) < 4.78 is 2.19. The molecule has 7 aromatic rings. The quantitative estimate of drug-likeness (QED) is 0.243. The van der Waals surface area contributed by atoms with Crippen molar-refractivity contribution in [1.82, 2.24) is 19.4 Å². The molecular weight excluding hydrogens is 428 g/mol. The van der Waals surface area contributed by atoms with E-state index in [0.29, 0.717) is 0 Å². The minimum absolute atomic E-state index is 0.760. The number of aromatic nitrogens is 4. The fourth-order valence-corrected chi connectivity index (χ4v) is 6.47. The summed E-state index contributed by atoms with van der Waals surface area (Å²) in [7, 11) is 0.